The molecule has 0 bridgehead atoms. The van der Waals surface area contributed by atoms with Crippen LogP contribution < -0.4 is 11.1 Å². The summed E-state index contributed by atoms with van der Waals surface area (Å²) in [5.41, 5.74) is 7.31. The lowest BCUT2D eigenvalue weighted by atomic mass is 10.2. The summed E-state index contributed by atoms with van der Waals surface area (Å²) >= 11 is 0. The van der Waals surface area contributed by atoms with Crippen molar-refractivity contribution in [2.75, 3.05) is 5.32 Å². The highest BCUT2D eigenvalue weighted by Crippen LogP contribution is 2.09. The van der Waals surface area contributed by atoms with Crippen LogP contribution in [0.25, 0.3) is 0 Å². The van der Waals surface area contributed by atoms with Crippen molar-refractivity contribution in [1.29, 1.82) is 0 Å². The quantitative estimate of drug-likeness (QED) is 0.814. The molecular formula is C12H15N5O. The first-order chi connectivity index (χ1) is 8.78. The fraction of sp³-hybridized carbons (Fsp3) is 0.250. The molecule has 1 aromatic heterocycles. The third-order valence-corrected chi connectivity index (χ3v) is 2.51. The highest BCUT2D eigenvalue weighted by atomic mass is 16.1. The zero-order valence-corrected chi connectivity index (χ0v) is 9.91. The summed E-state index contributed by atoms with van der Waals surface area (Å²) in [5, 5.41) is 10.3. The van der Waals surface area contributed by atoms with E-state index in [9.17, 15) is 4.79 Å². The molecule has 94 valence electrons. The van der Waals surface area contributed by atoms with Crippen molar-refractivity contribution in [2.24, 2.45) is 5.73 Å². The van der Waals surface area contributed by atoms with Gasteiger partial charge in [-0.15, -0.1) is 5.10 Å². The van der Waals surface area contributed by atoms with Crippen molar-refractivity contribution in [2.45, 2.75) is 19.5 Å². The lowest BCUT2D eigenvalue weighted by Crippen LogP contribution is -2.14. The topological polar surface area (TPSA) is 85.8 Å². The van der Waals surface area contributed by atoms with Crippen LogP contribution in [0.5, 0.6) is 0 Å². The monoisotopic (exact) mass is 245 g/mol. The molecule has 1 amide bonds. The summed E-state index contributed by atoms with van der Waals surface area (Å²) in [6.07, 6.45) is 3.68. The average molecular weight is 245 g/mol. The molecule has 0 radical (unpaired) electrons. The van der Waals surface area contributed by atoms with Crippen LogP contribution in [0.2, 0.25) is 0 Å². The molecule has 0 atom stereocenters. The molecule has 18 heavy (non-hydrogen) atoms. The Labute approximate surface area is 105 Å². The maximum absolute atomic E-state index is 11.7. The maximum Gasteiger partial charge on any atom is 0.226 e. The Hall–Kier alpha value is -2.21. The number of aryl methyl sites for hydroxylation is 1. The molecule has 2 rings (SSSR count). The zero-order valence-electron chi connectivity index (χ0n) is 9.91. The van der Waals surface area contributed by atoms with E-state index < -0.39 is 0 Å². The molecule has 6 heteroatoms. The van der Waals surface area contributed by atoms with Crippen molar-refractivity contribution >= 4 is 11.6 Å². The van der Waals surface area contributed by atoms with Crippen molar-refractivity contribution in [3.8, 4) is 0 Å². The number of carbonyl (C=O) groups excluding carboxylic acids is 1. The van der Waals surface area contributed by atoms with E-state index in [-0.39, 0.29) is 5.91 Å². The fourth-order valence-corrected chi connectivity index (χ4v) is 1.52. The second-order valence-corrected chi connectivity index (χ2v) is 3.87. The first-order valence-electron chi connectivity index (χ1n) is 5.71. The molecule has 6 nitrogen and oxygen atoms in total. The second kappa shape index (κ2) is 5.92. The SMILES string of the molecule is NCc1ccc(NC(=O)CCn2ccnn2)cc1. The first kappa shape index (κ1) is 12.3. The van der Waals surface area contributed by atoms with Crippen molar-refractivity contribution in [1.82, 2.24) is 15.0 Å². The summed E-state index contributed by atoms with van der Waals surface area (Å²) in [4.78, 5) is 11.7. The minimum Gasteiger partial charge on any atom is -0.326 e. The van der Waals surface area contributed by atoms with E-state index in [1.165, 1.54) is 0 Å². The van der Waals surface area contributed by atoms with Gasteiger partial charge in [-0.2, -0.15) is 0 Å². The van der Waals surface area contributed by atoms with Crippen molar-refractivity contribution in [3.63, 3.8) is 0 Å². The summed E-state index contributed by atoms with van der Waals surface area (Å²) < 4.78 is 1.62. The Bertz CT molecular complexity index is 492. The normalized spacial score (nSPS) is 10.3. The van der Waals surface area contributed by atoms with E-state index in [2.05, 4.69) is 15.6 Å². The summed E-state index contributed by atoms with van der Waals surface area (Å²) in [6.45, 7) is 1.02. The van der Waals surface area contributed by atoms with Gasteiger partial charge >= 0.3 is 0 Å². The lowest BCUT2D eigenvalue weighted by molar-refractivity contribution is -0.116. The fourth-order valence-electron chi connectivity index (χ4n) is 1.52. The van der Waals surface area contributed by atoms with E-state index in [0.717, 1.165) is 11.3 Å². The molecule has 1 aromatic carbocycles. The maximum atomic E-state index is 11.7. The van der Waals surface area contributed by atoms with E-state index in [1.807, 2.05) is 24.3 Å². The van der Waals surface area contributed by atoms with Crippen molar-refractivity contribution < 1.29 is 4.79 Å². The van der Waals surface area contributed by atoms with Gasteiger partial charge in [0.2, 0.25) is 5.91 Å². The van der Waals surface area contributed by atoms with Gasteiger partial charge in [0.25, 0.3) is 0 Å². The highest BCUT2D eigenvalue weighted by molar-refractivity contribution is 5.90. The summed E-state index contributed by atoms with van der Waals surface area (Å²) in [6, 6.07) is 7.48. The number of carbonyl (C=O) groups is 1. The molecule has 2 aromatic rings. The van der Waals surface area contributed by atoms with Gasteiger partial charge in [-0.3, -0.25) is 9.48 Å². The van der Waals surface area contributed by atoms with Gasteiger partial charge in [-0.05, 0) is 17.7 Å². The van der Waals surface area contributed by atoms with Gasteiger partial charge in [0.05, 0.1) is 12.7 Å². The Kier molecular flexibility index (Phi) is 4.03. The third-order valence-electron chi connectivity index (χ3n) is 2.51. The molecule has 0 aliphatic rings. The van der Waals surface area contributed by atoms with Gasteiger partial charge in [-0.1, -0.05) is 17.3 Å². The predicted molar refractivity (Wildman–Crippen MR) is 67.6 cm³/mol. The molecule has 0 aliphatic heterocycles. The minimum absolute atomic E-state index is 0.0500. The van der Waals surface area contributed by atoms with Gasteiger partial charge in [0, 0.05) is 24.8 Å². The summed E-state index contributed by atoms with van der Waals surface area (Å²) in [7, 11) is 0. The van der Waals surface area contributed by atoms with Gasteiger partial charge in [-0.25, -0.2) is 0 Å². The smallest absolute Gasteiger partial charge is 0.226 e. The van der Waals surface area contributed by atoms with Crippen LogP contribution in [0.15, 0.2) is 36.7 Å². The number of anilines is 1. The van der Waals surface area contributed by atoms with Gasteiger partial charge in [0.15, 0.2) is 0 Å². The molecule has 0 fully saturated rings. The number of nitrogens with two attached hydrogens (primary N) is 1. The number of amides is 1. The molecule has 0 unspecified atom stereocenters. The summed E-state index contributed by atoms with van der Waals surface area (Å²) in [5.74, 6) is -0.0500. The Morgan fingerprint density at radius 2 is 2.11 bits per heavy atom. The number of rotatable bonds is 5. The molecule has 1 heterocycles. The minimum atomic E-state index is -0.0500. The van der Waals surface area contributed by atoms with Crippen LogP contribution in [0, 0.1) is 0 Å². The molecular weight excluding hydrogens is 230 g/mol. The zero-order chi connectivity index (χ0) is 12.8. The number of nitrogens with one attached hydrogen (secondary N) is 1. The van der Waals surface area contributed by atoms with Crippen LogP contribution in [0.3, 0.4) is 0 Å². The van der Waals surface area contributed by atoms with Crippen LogP contribution in [-0.4, -0.2) is 20.9 Å². The third kappa shape index (κ3) is 3.39. The van der Waals surface area contributed by atoms with E-state index in [4.69, 9.17) is 5.73 Å². The second-order valence-electron chi connectivity index (χ2n) is 3.87. The Morgan fingerprint density at radius 1 is 1.33 bits per heavy atom. The van der Waals surface area contributed by atoms with E-state index >= 15 is 0 Å². The number of benzene rings is 1. The molecule has 0 saturated heterocycles. The average Bonchev–Trinajstić information content (AvgIpc) is 2.90. The number of nitrogens with zero attached hydrogens (tertiary/aromatic N) is 3. The molecule has 0 spiro atoms. The predicted octanol–water partition coefficient (Wildman–Crippen LogP) is 0.766. The standard InChI is InChI=1S/C12H15N5O/c13-9-10-1-3-11(4-2-10)15-12(18)5-7-17-8-6-14-16-17/h1-4,6,8H,5,7,9,13H2,(H,15,18). The lowest BCUT2D eigenvalue weighted by Gasteiger charge is -2.05. The number of aromatic nitrogens is 3. The molecule has 3 N–H and O–H groups in total. The number of hydrogen-bond donors (Lipinski definition) is 2. The first-order valence-corrected chi connectivity index (χ1v) is 5.71. The van der Waals surface area contributed by atoms with Gasteiger partial charge in [0.1, 0.15) is 0 Å². The Balaban J connectivity index is 1.83. The largest absolute Gasteiger partial charge is 0.326 e. The van der Waals surface area contributed by atoms with Crippen LogP contribution in [-0.2, 0) is 17.9 Å². The molecule has 0 saturated carbocycles. The Morgan fingerprint density at radius 3 is 2.72 bits per heavy atom. The van der Waals surface area contributed by atoms with Crippen LogP contribution >= 0.6 is 0 Å². The van der Waals surface area contributed by atoms with Crippen molar-refractivity contribution in [3.05, 3.63) is 42.2 Å². The highest BCUT2D eigenvalue weighted by Gasteiger charge is 2.03. The van der Waals surface area contributed by atoms with E-state index in [1.54, 1.807) is 17.1 Å². The van der Waals surface area contributed by atoms with Crippen LogP contribution in [0.1, 0.15) is 12.0 Å². The molecule has 0 aliphatic carbocycles. The van der Waals surface area contributed by atoms with Gasteiger partial charge < -0.3 is 11.1 Å². The van der Waals surface area contributed by atoms with E-state index in [0.29, 0.717) is 19.5 Å². The van der Waals surface area contributed by atoms with Crippen LogP contribution in [0.4, 0.5) is 5.69 Å². The number of hydrogen-bond acceptors (Lipinski definition) is 4.